The van der Waals surface area contributed by atoms with Gasteiger partial charge in [0, 0.05) is 25.3 Å². The lowest BCUT2D eigenvalue weighted by molar-refractivity contribution is 0.171. The number of halogens is 1. The third kappa shape index (κ3) is 4.17. The van der Waals surface area contributed by atoms with Crippen molar-refractivity contribution in [2.24, 2.45) is 4.99 Å². The number of hydrogen-bond donors (Lipinski definition) is 1. The van der Waals surface area contributed by atoms with Crippen molar-refractivity contribution in [2.45, 2.75) is 13.8 Å². The van der Waals surface area contributed by atoms with Crippen LogP contribution in [0.3, 0.4) is 0 Å². The van der Waals surface area contributed by atoms with Crippen LogP contribution in [0.25, 0.3) is 0 Å². The van der Waals surface area contributed by atoms with E-state index in [1.165, 1.54) is 0 Å². The van der Waals surface area contributed by atoms with E-state index >= 15 is 0 Å². The highest BCUT2D eigenvalue weighted by atomic mass is 35.5. The fourth-order valence-electron chi connectivity index (χ4n) is 2.45. The fourth-order valence-corrected chi connectivity index (χ4v) is 2.66. The summed E-state index contributed by atoms with van der Waals surface area (Å²) in [5.41, 5.74) is 3.51. The second kappa shape index (κ2) is 7.66. The van der Waals surface area contributed by atoms with Gasteiger partial charge in [0.15, 0.2) is 11.5 Å². The summed E-state index contributed by atoms with van der Waals surface area (Å²) in [7, 11) is 1.97. The zero-order valence-electron chi connectivity index (χ0n) is 14.7. The van der Waals surface area contributed by atoms with E-state index in [-0.39, 0.29) is 0 Å². The van der Waals surface area contributed by atoms with Crippen LogP contribution in [0, 0.1) is 6.92 Å². The van der Waals surface area contributed by atoms with E-state index in [1.807, 2.05) is 49.2 Å². The number of benzene rings is 2. The van der Waals surface area contributed by atoms with E-state index in [0.29, 0.717) is 18.2 Å². The van der Waals surface area contributed by atoms with E-state index in [1.54, 1.807) is 6.34 Å². The third-order valence-corrected chi connectivity index (χ3v) is 4.31. The smallest absolute Gasteiger partial charge is 0.163 e. The molecule has 3 rings (SSSR count). The normalized spacial score (nSPS) is 13.1. The maximum atomic E-state index is 6.55. The molecular weight excluding hydrogens is 338 g/mol. The number of anilines is 2. The summed E-state index contributed by atoms with van der Waals surface area (Å²) in [6, 6.07) is 9.73. The molecule has 1 aliphatic rings. The average Bonchev–Trinajstić information content (AvgIpc) is 2.62. The van der Waals surface area contributed by atoms with Crippen LogP contribution in [0.4, 0.5) is 17.1 Å². The number of nitrogens with one attached hydrogen (secondary N) is 1. The van der Waals surface area contributed by atoms with Gasteiger partial charge in [-0.05, 0) is 43.7 Å². The lowest BCUT2D eigenvalue weighted by Gasteiger charge is -2.19. The molecule has 0 bridgehead atoms. The van der Waals surface area contributed by atoms with Crippen molar-refractivity contribution >= 4 is 35.0 Å². The number of ether oxygens (including phenoxy) is 2. The molecule has 0 aromatic heterocycles. The maximum absolute atomic E-state index is 6.55. The Morgan fingerprint density at radius 3 is 2.72 bits per heavy atom. The van der Waals surface area contributed by atoms with Gasteiger partial charge in [-0.15, -0.1) is 0 Å². The number of aliphatic imine (C=N–C) groups is 1. The van der Waals surface area contributed by atoms with Gasteiger partial charge in [-0.25, -0.2) is 4.99 Å². The predicted octanol–water partition coefficient (Wildman–Crippen LogP) is 4.77. The summed E-state index contributed by atoms with van der Waals surface area (Å²) in [6.45, 7) is 6.12. The van der Waals surface area contributed by atoms with Crippen LogP contribution in [-0.4, -0.2) is 38.0 Å². The Morgan fingerprint density at radius 2 is 1.96 bits per heavy atom. The van der Waals surface area contributed by atoms with Gasteiger partial charge in [-0.2, -0.15) is 0 Å². The largest absolute Gasteiger partial charge is 0.486 e. The first-order chi connectivity index (χ1) is 12.1. The molecule has 2 aromatic rings. The van der Waals surface area contributed by atoms with Crippen molar-refractivity contribution in [1.29, 1.82) is 0 Å². The Hall–Kier alpha value is -2.40. The quantitative estimate of drug-likeness (QED) is 0.616. The van der Waals surface area contributed by atoms with Crippen LogP contribution < -0.4 is 14.8 Å². The summed E-state index contributed by atoms with van der Waals surface area (Å²) in [4.78, 5) is 6.49. The maximum Gasteiger partial charge on any atom is 0.163 e. The van der Waals surface area contributed by atoms with Gasteiger partial charge >= 0.3 is 0 Å². The van der Waals surface area contributed by atoms with Crippen molar-refractivity contribution in [2.75, 3.05) is 32.1 Å². The number of fused-ring (bicyclic) bond motifs is 1. The summed E-state index contributed by atoms with van der Waals surface area (Å²) in [6.07, 6.45) is 1.79. The van der Waals surface area contributed by atoms with E-state index in [0.717, 1.165) is 40.7 Å². The van der Waals surface area contributed by atoms with Crippen LogP contribution in [0.2, 0.25) is 5.02 Å². The zero-order chi connectivity index (χ0) is 17.8. The molecule has 0 atom stereocenters. The van der Waals surface area contributed by atoms with Gasteiger partial charge in [-0.3, -0.25) is 0 Å². The number of aryl methyl sites for hydroxylation is 1. The van der Waals surface area contributed by atoms with E-state index < -0.39 is 0 Å². The standard InChI is InChI=1S/C19H22ClN3O2/c1-4-23(3)12-21-15-9-13(2)10-16(19(15)20)22-14-5-6-17-18(11-14)25-8-7-24-17/h5-6,9-12,22H,4,7-8H2,1-3H3. The van der Waals surface area contributed by atoms with Crippen molar-refractivity contribution in [1.82, 2.24) is 4.90 Å². The molecule has 5 nitrogen and oxygen atoms in total. The number of nitrogens with zero attached hydrogens (tertiary/aromatic N) is 2. The number of hydrogen-bond acceptors (Lipinski definition) is 4. The van der Waals surface area contributed by atoms with Crippen LogP contribution in [0.15, 0.2) is 35.3 Å². The molecule has 0 saturated carbocycles. The second-order valence-electron chi connectivity index (χ2n) is 5.95. The van der Waals surface area contributed by atoms with Crippen LogP contribution in [0.5, 0.6) is 11.5 Å². The van der Waals surface area contributed by atoms with E-state index in [2.05, 4.69) is 17.2 Å². The topological polar surface area (TPSA) is 46.1 Å². The minimum Gasteiger partial charge on any atom is -0.486 e. The zero-order valence-corrected chi connectivity index (χ0v) is 15.4. The minimum absolute atomic E-state index is 0.561. The summed E-state index contributed by atoms with van der Waals surface area (Å²) in [5.74, 6) is 1.50. The fraction of sp³-hybridized carbons (Fsp3) is 0.316. The number of rotatable bonds is 5. The predicted molar refractivity (Wildman–Crippen MR) is 103 cm³/mol. The molecule has 1 N–H and O–H groups in total. The molecule has 0 fully saturated rings. The highest BCUT2D eigenvalue weighted by Crippen LogP contribution is 2.38. The Morgan fingerprint density at radius 1 is 1.20 bits per heavy atom. The molecule has 0 spiro atoms. The van der Waals surface area contributed by atoms with Gasteiger partial charge in [-0.1, -0.05) is 11.6 Å². The van der Waals surface area contributed by atoms with E-state index in [9.17, 15) is 0 Å². The average molecular weight is 360 g/mol. The van der Waals surface area contributed by atoms with Crippen molar-refractivity contribution in [3.63, 3.8) is 0 Å². The molecule has 0 unspecified atom stereocenters. The highest BCUT2D eigenvalue weighted by molar-refractivity contribution is 6.36. The molecule has 1 heterocycles. The van der Waals surface area contributed by atoms with Gasteiger partial charge < -0.3 is 19.7 Å². The minimum atomic E-state index is 0.561. The summed E-state index contributed by atoms with van der Waals surface area (Å²) >= 11 is 6.55. The molecule has 6 heteroatoms. The first kappa shape index (κ1) is 17.4. The summed E-state index contributed by atoms with van der Waals surface area (Å²) < 4.78 is 11.2. The molecule has 132 valence electrons. The van der Waals surface area contributed by atoms with Gasteiger partial charge in [0.1, 0.15) is 13.2 Å². The first-order valence-electron chi connectivity index (χ1n) is 8.28. The Balaban J connectivity index is 1.87. The van der Waals surface area contributed by atoms with Crippen LogP contribution >= 0.6 is 11.6 Å². The Bertz CT molecular complexity index is 792. The monoisotopic (exact) mass is 359 g/mol. The molecule has 25 heavy (non-hydrogen) atoms. The van der Waals surface area contributed by atoms with Gasteiger partial charge in [0.2, 0.25) is 0 Å². The highest BCUT2D eigenvalue weighted by Gasteiger charge is 2.13. The Labute approximate surface area is 153 Å². The van der Waals surface area contributed by atoms with E-state index in [4.69, 9.17) is 21.1 Å². The van der Waals surface area contributed by atoms with Gasteiger partial charge in [0.25, 0.3) is 0 Å². The van der Waals surface area contributed by atoms with Crippen molar-refractivity contribution < 1.29 is 9.47 Å². The van der Waals surface area contributed by atoms with Crippen LogP contribution in [0.1, 0.15) is 12.5 Å². The lowest BCUT2D eigenvalue weighted by Crippen LogP contribution is -2.15. The molecule has 0 aliphatic carbocycles. The summed E-state index contributed by atoms with van der Waals surface area (Å²) in [5, 5.41) is 3.93. The molecule has 0 amide bonds. The first-order valence-corrected chi connectivity index (χ1v) is 8.66. The molecule has 0 saturated heterocycles. The molecule has 1 aliphatic heterocycles. The molecule has 2 aromatic carbocycles. The third-order valence-electron chi connectivity index (χ3n) is 3.91. The second-order valence-corrected chi connectivity index (χ2v) is 6.32. The van der Waals surface area contributed by atoms with Gasteiger partial charge in [0.05, 0.1) is 22.7 Å². The van der Waals surface area contributed by atoms with Crippen molar-refractivity contribution in [3.05, 3.63) is 40.9 Å². The molecule has 0 radical (unpaired) electrons. The molecular formula is C19H22ClN3O2. The Kier molecular flexibility index (Phi) is 5.34. The lowest BCUT2D eigenvalue weighted by atomic mass is 10.2. The SMILES string of the molecule is CCN(C)C=Nc1cc(C)cc(Nc2ccc3c(c2)OCCO3)c1Cl. The van der Waals surface area contributed by atoms with Crippen molar-refractivity contribution in [3.8, 4) is 11.5 Å². The van der Waals surface area contributed by atoms with Crippen LogP contribution in [-0.2, 0) is 0 Å².